The van der Waals surface area contributed by atoms with E-state index in [1.807, 2.05) is 14.1 Å². The Morgan fingerprint density at radius 3 is 2.50 bits per heavy atom. The lowest BCUT2D eigenvalue weighted by molar-refractivity contribution is 0.0894. The van der Waals surface area contributed by atoms with Crippen LogP contribution in [0.4, 0.5) is 0 Å². The molecule has 10 heavy (non-hydrogen) atoms. The second kappa shape index (κ2) is 6.99. The van der Waals surface area contributed by atoms with Gasteiger partial charge in [-0.15, -0.1) is 0 Å². The van der Waals surface area contributed by atoms with E-state index in [-0.39, 0.29) is 6.61 Å². The molecule has 3 nitrogen and oxygen atoms in total. The topological polar surface area (TPSA) is 32.4 Å². The predicted octanol–water partition coefficient (Wildman–Crippen LogP) is 0.385. The number of ether oxygens (including phenoxy) is 1. The van der Waals surface area contributed by atoms with E-state index in [9.17, 15) is 5.11 Å². The number of likely N-dealkylation sites (N-methyl/N-ethyl adjacent to an activating group) is 1. The Hall–Kier alpha value is -0.120. The molecule has 3 heteroatoms. The molecular weight excluding hydrogens is 130 g/mol. The van der Waals surface area contributed by atoms with Gasteiger partial charge in [0.05, 0.1) is 13.2 Å². The summed E-state index contributed by atoms with van der Waals surface area (Å²) < 4.78 is 5.14. The maximum absolute atomic E-state index is 9.94. The molecule has 0 aromatic rings. The van der Waals surface area contributed by atoms with Crippen molar-refractivity contribution in [1.82, 2.24) is 4.90 Å². The molecule has 0 spiro atoms. The van der Waals surface area contributed by atoms with Gasteiger partial charge in [0.1, 0.15) is 0 Å². The molecule has 1 radical (unpaired) electrons. The molecule has 0 aliphatic heterocycles. The molecule has 0 aromatic carbocycles. The predicted molar refractivity (Wildman–Crippen MR) is 39.5 cm³/mol. The lowest BCUT2D eigenvalue weighted by Gasteiger charge is -2.08. The van der Waals surface area contributed by atoms with Crippen molar-refractivity contribution < 1.29 is 9.84 Å². The van der Waals surface area contributed by atoms with Crippen LogP contribution in [0.1, 0.15) is 6.42 Å². The Balaban J connectivity index is 2.77. The van der Waals surface area contributed by atoms with Gasteiger partial charge < -0.3 is 9.64 Å². The highest BCUT2D eigenvalue weighted by molar-refractivity contribution is 4.39. The van der Waals surface area contributed by atoms with Crippen LogP contribution in [0.25, 0.3) is 0 Å². The molecule has 0 aliphatic carbocycles. The third-order valence-electron chi connectivity index (χ3n) is 1.12. The van der Waals surface area contributed by atoms with E-state index in [0.29, 0.717) is 13.0 Å². The summed E-state index contributed by atoms with van der Waals surface area (Å²) in [7, 11) is 3.99. The summed E-state index contributed by atoms with van der Waals surface area (Å²) in [5, 5.41) is 9.94. The molecule has 0 aromatic heterocycles. The van der Waals surface area contributed by atoms with E-state index < -0.39 is 0 Å². The monoisotopic (exact) mass is 146 g/mol. The first-order valence-corrected chi connectivity index (χ1v) is 3.58. The van der Waals surface area contributed by atoms with E-state index >= 15 is 0 Å². The number of hydrogen-bond acceptors (Lipinski definition) is 2. The molecule has 0 unspecified atom stereocenters. The Morgan fingerprint density at radius 2 is 2.00 bits per heavy atom. The standard InChI is InChI=1S/C7H16NO2/c1-8(2)4-7-10-6-3-5-9/h3-7H2,1-2H3. The Morgan fingerprint density at radius 1 is 1.30 bits per heavy atom. The molecule has 0 saturated heterocycles. The molecule has 0 heterocycles. The summed E-state index contributed by atoms with van der Waals surface area (Å²) in [6.07, 6.45) is 0.632. The van der Waals surface area contributed by atoms with Crippen LogP contribution in [-0.2, 0) is 9.84 Å². The van der Waals surface area contributed by atoms with Crippen molar-refractivity contribution in [2.45, 2.75) is 6.42 Å². The maximum atomic E-state index is 9.94. The van der Waals surface area contributed by atoms with Gasteiger partial charge in [0, 0.05) is 13.2 Å². The van der Waals surface area contributed by atoms with Crippen LogP contribution in [-0.4, -0.2) is 45.4 Å². The summed E-state index contributed by atoms with van der Waals surface area (Å²) in [5.41, 5.74) is 0. The fourth-order valence-corrected chi connectivity index (χ4v) is 0.510. The first-order chi connectivity index (χ1) is 4.77. The molecule has 0 amide bonds. The van der Waals surface area contributed by atoms with Gasteiger partial charge in [0.2, 0.25) is 0 Å². The zero-order valence-corrected chi connectivity index (χ0v) is 6.80. The summed E-state index contributed by atoms with van der Waals surface area (Å²) in [6.45, 7) is 2.24. The van der Waals surface area contributed by atoms with Crippen molar-refractivity contribution in [3.63, 3.8) is 0 Å². The quantitative estimate of drug-likeness (QED) is 0.508. The van der Waals surface area contributed by atoms with Gasteiger partial charge >= 0.3 is 0 Å². The van der Waals surface area contributed by atoms with Crippen molar-refractivity contribution in [2.75, 3.05) is 40.5 Å². The van der Waals surface area contributed by atoms with Gasteiger partial charge in [-0.25, -0.2) is 5.11 Å². The van der Waals surface area contributed by atoms with E-state index in [0.717, 1.165) is 13.2 Å². The van der Waals surface area contributed by atoms with E-state index in [4.69, 9.17) is 4.74 Å². The SMILES string of the molecule is CN(C)CCOCCC[O]. The zero-order valence-electron chi connectivity index (χ0n) is 6.80. The number of rotatable bonds is 6. The summed E-state index contributed by atoms with van der Waals surface area (Å²) in [6, 6.07) is 0. The fourth-order valence-electron chi connectivity index (χ4n) is 0.510. The van der Waals surface area contributed by atoms with Crippen molar-refractivity contribution in [3.05, 3.63) is 0 Å². The zero-order chi connectivity index (χ0) is 7.82. The highest BCUT2D eigenvalue weighted by Gasteiger charge is 1.89. The van der Waals surface area contributed by atoms with Gasteiger partial charge in [-0.05, 0) is 20.5 Å². The van der Waals surface area contributed by atoms with Crippen LogP contribution < -0.4 is 0 Å². The van der Waals surface area contributed by atoms with Gasteiger partial charge in [-0.1, -0.05) is 0 Å². The normalized spacial score (nSPS) is 10.8. The van der Waals surface area contributed by atoms with E-state index in [2.05, 4.69) is 4.90 Å². The second-order valence-electron chi connectivity index (χ2n) is 2.47. The minimum absolute atomic E-state index is 0.0258. The van der Waals surface area contributed by atoms with Gasteiger partial charge in [-0.2, -0.15) is 0 Å². The van der Waals surface area contributed by atoms with Crippen molar-refractivity contribution in [2.24, 2.45) is 0 Å². The van der Waals surface area contributed by atoms with Gasteiger partial charge in [0.15, 0.2) is 0 Å². The van der Waals surface area contributed by atoms with Gasteiger partial charge in [0.25, 0.3) is 0 Å². The molecule has 0 bridgehead atoms. The third kappa shape index (κ3) is 7.88. The highest BCUT2D eigenvalue weighted by atomic mass is 16.5. The molecule has 0 fully saturated rings. The summed E-state index contributed by atoms with van der Waals surface area (Å²) >= 11 is 0. The van der Waals surface area contributed by atoms with Crippen LogP contribution in [0.15, 0.2) is 0 Å². The first kappa shape index (κ1) is 9.88. The van der Waals surface area contributed by atoms with Crippen molar-refractivity contribution in [3.8, 4) is 0 Å². The minimum Gasteiger partial charge on any atom is -0.380 e. The lowest BCUT2D eigenvalue weighted by atomic mass is 10.5. The lowest BCUT2D eigenvalue weighted by Crippen LogP contribution is -2.18. The molecule has 0 rings (SSSR count). The number of nitrogens with zero attached hydrogens (tertiary/aromatic N) is 1. The average Bonchev–Trinajstić information content (AvgIpc) is 1.87. The molecular formula is C7H16NO2. The van der Waals surface area contributed by atoms with Gasteiger partial charge in [-0.3, -0.25) is 0 Å². The molecule has 0 N–H and O–H groups in total. The smallest absolute Gasteiger partial charge is 0.0844 e. The van der Waals surface area contributed by atoms with Crippen LogP contribution in [0.2, 0.25) is 0 Å². The van der Waals surface area contributed by atoms with Crippen LogP contribution >= 0.6 is 0 Å². The highest BCUT2D eigenvalue weighted by Crippen LogP contribution is 1.82. The Bertz CT molecular complexity index is 66.6. The average molecular weight is 146 g/mol. The summed E-state index contributed by atoms with van der Waals surface area (Å²) in [5.74, 6) is 0. The number of hydrogen-bond donors (Lipinski definition) is 0. The Kier molecular flexibility index (Phi) is 6.91. The van der Waals surface area contributed by atoms with Crippen LogP contribution in [0.5, 0.6) is 0 Å². The fraction of sp³-hybridized carbons (Fsp3) is 1.00. The molecule has 0 aliphatic rings. The first-order valence-electron chi connectivity index (χ1n) is 3.58. The molecule has 61 valence electrons. The van der Waals surface area contributed by atoms with Crippen molar-refractivity contribution in [1.29, 1.82) is 0 Å². The molecule has 0 atom stereocenters. The molecule has 0 saturated carbocycles. The Labute approximate surface area is 62.6 Å². The van der Waals surface area contributed by atoms with Crippen LogP contribution in [0.3, 0.4) is 0 Å². The van der Waals surface area contributed by atoms with Crippen molar-refractivity contribution >= 4 is 0 Å². The summed E-state index contributed by atoms with van der Waals surface area (Å²) in [4.78, 5) is 2.05. The largest absolute Gasteiger partial charge is 0.380 e. The van der Waals surface area contributed by atoms with Crippen LogP contribution in [0, 0.1) is 0 Å². The van der Waals surface area contributed by atoms with E-state index in [1.165, 1.54) is 0 Å². The van der Waals surface area contributed by atoms with E-state index in [1.54, 1.807) is 0 Å². The third-order valence-corrected chi connectivity index (χ3v) is 1.12. The maximum Gasteiger partial charge on any atom is 0.0844 e. The minimum atomic E-state index is -0.0258. The second-order valence-corrected chi connectivity index (χ2v) is 2.47.